The fourth-order valence-electron chi connectivity index (χ4n) is 4.82. The van der Waals surface area contributed by atoms with Crippen LogP contribution in [-0.2, 0) is 4.79 Å². The zero-order valence-corrected chi connectivity index (χ0v) is 23.0. The van der Waals surface area contributed by atoms with Crippen LogP contribution in [0, 0.1) is 0 Å². The summed E-state index contributed by atoms with van der Waals surface area (Å²) in [5, 5.41) is 5.84. The van der Waals surface area contributed by atoms with Crippen molar-refractivity contribution in [1.82, 2.24) is 10.2 Å². The van der Waals surface area contributed by atoms with Gasteiger partial charge < -0.3 is 25.0 Å². The molecular weight excluding hydrogens is 492 g/mol. The van der Waals surface area contributed by atoms with Crippen LogP contribution in [0.1, 0.15) is 30.1 Å². The van der Waals surface area contributed by atoms with E-state index in [1.54, 1.807) is 14.2 Å². The maximum absolute atomic E-state index is 12.6. The molecule has 1 aliphatic heterocycles. The van der Waals surface area contributed by atoms with Crippen LogP contribution in [0.5, 0.6) is 11.5 Å². The molecule has 4 rings (SSSR count). The first-order valence-electron chi connectivity index (χ1n) is 13.4. The van der Waals surface area contributed by atoms with Gasteiger partial charge in [0.2, 0.25) is 5.91 Å². The van der Waals surface area contributed by atoms with Gasteiger partial charge in [0.1, 0.15) is 11.5 Å². The molecule has 2 amide bonds. The second-order valence-electron chi connectivity index (χ2n) is 9.67. The van der Waals surface area contributed by atoms with Crippen molar-refractivity contribution in [2.75, 3.05) is 63.7 Å². The Labute approximate surface area is 230 Å². The van der Waals surface area contributed by atoms with Gasteiger partial charge in [-0.2, -0.15) is 0 Å². The number of nitrogens with one attached hydrogen (secondary N) is 2. The molecule has 1 heterocycles. The molecule has 0 bridgehead atoms. The Morgan fingerprint density at radius 3 is 2.31 bits per heavy atom. The van der Waals surface area contributed by atoms with Crippen LogP contribution in [0.15, 0.2) is 66.7 Å². The van der Waals surface area contributed by atoms with E-state index in [2.05, 4.69) is 26.5 Å². The lowest BCUT2D eigenvalue weighted by Gasteiger charge is -2.36. The number of hydrogen-bond acceptors (Lipinski definition) is 6. The Morgan fingerprint density at radius 1 is 0.846 bits per heavy atom. The summed E-state index contributed by atoms with van der Waals surface area (Å²) < 4.78 is 10.9. The third kappa shape index (κ3) is 7.74. The normalized spacial score (nSPS) is 13.6. The predicted molar refractivity (Wildman–Crippen MR) is 156 cm³/mol. The summed E-state index contributed by atoms with van der Waals surface area (Å²) in [5.41, 5.74) is 4.47. The maximum atomic E-state index is 12.6. The van der Waals surface area contributed by atoms with Crippen molar-refractivity contribution >= 4 is 23.2 Å². The van der Waals surface area contributed by atoms with Crippen LogP contribution in [0.25, 0.3) is 11.1 Å². The number of unbranched alkanes of at least 4 members (excludes halogenated alkanes) is 1. The van der Waals surface area contributed by atoms with Crippen molar-refractivity contribution in [1.29, 1.82) is 0 Å². The Balaban J connectivity index is 1.16. The molecule has 1 fully saturated rings. The van der Waals surface area contributed by atoms with Crippen LogP contribution in [0.4, 0.5) is 11.4 Å². The van der Waals surface area contributed by atoms with E-state index in [9.17, 15) is 9.59 Å². The van der Waals surface area contributed by atoms with Crippen molar-refractivity contribution in [2.45, 2.75) is 19.8 Å². The van der Waals surface area contributed by atoms with Crippen molar-refractivity contribution < 1.29 is 19.1 Å². The summed E-state index contributed by atoms with van der Waals surface area (Å²) in [6.07, 6.45) is 1.97. The van der Waals surface area contributed by atoms with Crippen LogP contribution in [0.2, 0.25) is 0 Å². The van der Waals surface area contributed by atoms with Crippen LogP contribution < -0.4 is 25.0 Å². The van der Waals surface area contributed by atoms with Crippen LogP contribution >= 0.6 is 0 Å². The van der Waals surface area contributed by atoms with E-state index in [1.807, 2.05) is 60.7 Å². The van der Waals surface area contributed by atoms with Crippen LogP contribution in [-0.4, -0.2) is 70.2 Å². The number of carbonyl (C=O) groups excluding carboxylic acids is 2. The SMILES string of the molecule is COc1ccc(N2CCN(CCCCNC(=O)c3ccc(-c4cccc(NC(C)=O)c4)cc3)CC2)c(OC)c1. The van der Waals surface area contributed by atoms with E-state index in [0.29, 0.717) is 12.1 Å². The molecule has 3 aromatic carbocycles. The molecule has 0 aliphatic carbocycles. The minimum Gasteiger partial charge on any atom is -0.497 e. The smallest absolute Gasteiger partial charge is 0.251 e. The lowest BCUT2D eigenvalue weighted by Crippen LogP contribution is -2.46. The van der Waals surface area contributed by atoms with Crippen molar-refractivity contribution in [3.63, 3.8) is 0 Å². The number of amides is 2. The first-order chi connectivity index (χ1) is 19.0. The molecule has 8 heteroatoms. The lowest BCUT2D eigenvalue weighted by atomic mass is 10.0. The molecule has 1 aliphatic rings. The zero-order chi connectivity index (χ0) is 27.6. The molecule has 3 aromatic rings. The van der Waals surface area contributed by atoms with Gasteiger partial charge in [-0.25, -0.2) is 0 Å². The summed E-state index contributed by atoms with van der Waals surface area (Å²) >= 11 is 0. The summed E-state index contributed by atoms with van der Waals surface area (Å²) in [4.78, 5) is 28.8. The highest BCUT2D eigenvalue weighted by Gasteiger charge is 2.20. The summed E-state index contributed by atoms with van der Waals surface area (Å²) in [6.45, 7) is 7.07. The van der Waals surface area contributed by atoms with Crippen molar-refractivity contribution in [3.8, 4) is 22.6 Å². The van der Waals surface area contributed by atoms with E-state index >= 15 is 0 Å². The molecule has 8 nitrogen and oxygen atoms in total. The molecule has 2 N–H and O–H groups in total. The van der Waals surface area contributed by atoms with E-state index in [1.165, 1.54) is 6.92 Å². The van der Waals surface area contributed by atoms with Gasteiger partial charge in [-0.3, -0.25) is 14.5 Å². The average molecular weight is 531 g/mol. The van der Waals surface area contributed by atoms with E-state index < -0.39 is 0 Å². The van der Waals surface area contributed by atoms with Gasteiger partial charge in [0.05, 0.1) is 19.9 Å². The number of methoxy groups -OCH3 is 2. The first kappa shape index (κ1) is 28.0. The second-order valence-corrected chi connectivity index (χ2v) is 9.67. The predicted octanol–water partition coefficient (Wildman–Crippen LogP) is 4.66. The van der Waals surface area contributed by atoms with E-state index in [0.717, 1.165) is 79.6 Å². The van der Waals surface area contributed by atoms with Crippen molar-refractivity contribution in [2.24, 2.45) is 0 Å². The lowest BCUT2D eigenvalue weighted by molar-refractivity contribution is -0.114. The highest BCUT2D eigenvalue weighted by molar-refractivity contribution is 5.94. The van der Waals surface area contributed by atoms with Gasteiger partial charge in [0.15, 0.2) is 0 Å². The summed E-state index contributed by atoms with van der Waals surface area (Å²) in [7, 11) is 3.35. The number of piperazine rings is 1. The Bertz CT molecular complexity index is 1250. The molecule has 0 radical (unpaired) electrons. The third-order valence-electron chi connectivity index (χ3n) is 6.95. The standard InChI is InChI=1S/C31H38N4O4/c1-23(36)33-27-8-6-7-26(21-27)24-9-11-25(12-10-24)31(37)32-15-4-5-16-34-17-19-35(20-18-34)29-14-13-28(38-2)22-30(29)39-3/h6-14,21-22H,4-5,15-20H2,1-3H3,(H,32,37)(H,33,36). The van der Waals surface area contributed by atoms with Gasteiger partial charge in [-0.1, -0.05) is 24.3 Å². The number of carbonyl (C=O) groups is 2. The highest BCUT2D eigenvalue weighted by Crippen LogP contribution is 2.32. The molecular formula is C31H38N4O4. The second kappa shape index (κ2) is 13.7. The summed E-state index contributed by atoms with van der Waals surface area (Å²) in [6, 6.07) is 21.2. The summed E-state index contributed by atoms with van der Waals surface area (Å²) in [5.74, 6) is 1.47. The first-order valence-corrected chi connectivity index (χ1v) is 13.4. The largest absolute Gasteiger partial charge is 0.497 e. The third-order valence-corrected chi connectivity index (χ3v) is 6.95. The quantitative estimate of drug-likeness (QED) is 0.351. The number of hydrogen-bond donors (Lipinski definition) is 2. The molecule has 1 saturated heterocycles. The molecule has 0 spiro atoms. The number of benzene rings is 3. The minimum absolute atomic E-state index is 0.0596. The van der Waals surface area contributed by atoms with Gasteiger partial charge in [-0.15, -0.1) is 0 Å². The molecule has 0 aromatic heterocycles. The minimum atomic E-state index is -0.104. The molecule has 39 heavy (non-hydrogen) atoms. The molecule has 206 valence electrons. The van der Waals surface area contributed by atoms with Gasteiger partial charge in [-0.05, 0) is 66.9 Å². The number of rotatable bonds is 11. The maximum Gasteiger partial charge on any atom is 0.251 e. The highest BCUT2D eigenvalue weighted by atomic mass is 16.5. The van der Waals surface area contributed by atoms with Crippen molar-refractivity contribution in [3.05, 3.63) is 72.3 Å². The fraction of sp³-hybridized carbons (Fsp3) is 0.355. The zero-order valence-electron chi connectivity index (χ0n) is 23.0. The van der Waals surface area contributed by atoms with Gasteiger partial charge >= 0.3 is 0 Å². The molecule has 0 saturated carbocycles. The Kier molecular flexibility index (Phi) is 9.80. The van der Waals surface area contributed by atoms with Crippen LogP contribution in [0.3, 0.4) is 0 Å². The van der Waals surface area contributed by atoms with E-state index in [-0.39, 0.29) is 11.8 Å². The average Bonchev–Trinajstić information content (AvgIpc) is 2.96. The Morgan fingerprint density at radius 2 is 1.62 bits per heavy atom. The fourth-order valence-corrected chi connectivity index (χ4v) is 4.82. The Hall–Kier alpha value is -4.04. The van der Waals surface area contributed by atoms with Gasteiger partial charge in [0.25, 0.3) is 5.91 Å². The van der Waals surface area contributed by atoms with E-state index in [4.69, 9.17) is 9.47 Å². The molecule has 0 atom stereocenters. The number of anilines is 2. The molecule has 0 unspecified atom stereocenters. The number of nitrogens with zero attached hydrogens (tertiary/aromatic N) is 2. The van der Waals surface area contributed by atoms with Gasteiger partial charge in [0, 0.05) is 57.0 Å². The number of ether oxygens (including phenoxy) is 2. The monoisotopic (exact) mass is 530 g/mol. The topological polar surface area (TPSA) is 83.1 Å².